The number of nitriles is 1. The zero-order valence-corrected chi connectivity index (χ0v) is 8.02. The van der Waals surface area contributed by atoms with Crippen molar-refractivity contribution in [3.63, 3.8) is 0 Å². The smallest absolute Gasteiger partial charge is 0.326 e. The lowest BCUT2D eigenvalue weighted by Gasteiger charge is -2.12. The number of alkyl halides is 3. The lowest BCUT2D eigenvalue weighted by molar-refractivity contribution is -0.137. The first-order valence-electron chi connectivity index (χ1n) is 4.21. The summed E-state index contributed by atoms with van der Waals surface area (Å²) in [6.45, 7) is 1.66. The van der Waals surface area contributed by atoms with Crippen LogP contribution in [0.1, 0.15) is 22.3 Å². The molecule has 80 valence electrons. The van der Waals surface area contributed by atoms with Gasteiger partial charge in [-0.2, -0.15) is 18.4 Å². The minimum Gasteiger partial charge on any atom is -0.326 e. The fourth-order valence-corrected chi connectivity index (χ4v) is 1.30. The van der Waals surface area contributed by atoms with Gasteiger partial charge in [-0.3, -0.25) is 0 Å². The van der Waals surface area contributed by atoms with Crippen LogP contribution < -0.4 is 5.73 Å². The second-order valence-electron chi connectivity index (χ2n) is 3.14. The number of aryl methyl sites for hydroxylation is 1. The first-order valence-corrected chi connectivity index (χ1v) is 4.21. The van der Waals surface area contributed by atoms with Gasteiger partial charge in [-0.15, -0.1) is 0 Å². The van der Waals surface area contributed by atoms with E-state index in [1.807, 2.05) is 0 Å². The van der Waals surface area contributed by atoms with Crippen molar-refractivity contribution < 1.29 is 13.2 Å². The number of hydrogen-bond acceptors (Lipinski definition) is 2. The molecule has 0 aliphatic rings. The minimum absolute atomic E-state index is 0.0284. The Morgan fingerprint density at radius 2 is 2.00 bits per heavy atom. The van der Waals surface area contributed by atoms with Crippen LogP contribution >= 0.6 is 0 Å². The minimum atomic E-state index is -4.51. The van der Waals surface area contributed by atoms with Gasteiger partial charge in [0.05, 0.1) is 17.2 Å². The van der Waals surface area contributed by atoms with Crippen LogP contribution in [0.3, 0.4) is 0 Å². The summed E-state index contributed by atoms with van der Waals surface area (Å²) in [7, 11) is 0. The number of nitrogens with zero attached hydrogens (tertiary/aromatic N) is 1. The molecule has 0 aliphatic heterocycles. The lowest BCUT2D eigenvalue weighted by atomic mass is 9.99. The monoisotopic (exact) mass is 214 g/mol. The van der Waals surface area contributed by atoms with Crippen molar-refractivity contribution in [2.24, 2.45) is 5.73 Å². The summed E-state index contributed by atoms with van der Waals surface area (Å²) in [6.07, 6.45) is -4.51. The molecule has 2 nitrogen and oxygen atoms in total. The third-order valence-corrected chi connectivity index (χ3v) is 2.12. The van der Waals surface area contributed by atoms with Gasteiger partial charge < -0.3 is 5.73 Å². The van der Waals surface area contributed by atoms with Gasteiger partial charge in [-0.25, -0.2) is 0 Å². The zero-order valence-electron chi connectivity index (χ0n) is 8.02. The predicted molar refractivity (Wildman–Crippen MR) is 48.8 cm³/mol. The fourth-order valence-electron chi connectivity index (χ4n) is 1.30. The summed E-state index contributed by atoms with van der Waals surface area (Å²) < 4.78 is 37.5. The van der Waals surface area contributed by atoms with E-state index >= 15 is 0 Å². The van der Waals surface area contributed by atoms with E-state index in [0.29, 0.717) is 11.1 Å². The predicted octanol–water partition coefficient (Wildman–Crippen LogP) is 2.34. The van der Waals surface area contributed by atoms with E-state index < -0.39 is 11.7 Å². The molecule has 0 heterocycles. The molecule has 0 aliphatic carbocycles. The van der Waals surface area contributed by atoms with Crippen molar-refractivity contribution in [1.82, 2.24) is 0 Å². The van der Waals surface area contributed by atoms with Crippen LogP contribution in [0.25, 0.3) is 0 Å². The Morgan fingerprint density at radius 1 is 1.40 bits per heavy atom. The Bertz CT molecular complexity index is 416. The Kier molecular flexibility index (Phi) is 3.01. The van der Waals surface area contributed by atoms with E-state index in [1.54, 1.807) is 6.92 Å². The van der Waals surface area contributed by atoms with Gasteiger partial charge in [0, 0.05) is 6.54 Å². The lowest BCUT2D eigenvalue weighted by Crippen LogP contribution is -2.11. The summed E-state index contributed by atoms with van der Waals surface area (Å²) in [6, 6.07) is 3.69. The molecule has 0 radical (unpaired) electrons. The molecule has 0 atom stereocenters. The summed E-state index contributed by atoms with van der Waals surface area (Å²) >= 11 is 0. The summed E-state index contributed by atoms with van der Waals surface area (Å²) in [5.41, 5.74) is 5.02. The van der Waals surface area contributed by atoms with Gasteiger partial charge in [-0.1, -0.05) is 0 Å². The molecule has 1 aromatic rings. The highest BCUT2D eigenvalue weighted by molar-refractivity contribution is 5.45. The normalized spacial score (nSPS) is 11.2. The highest BCUT2D eigenvalue weighted by Crippen LogP contribution is 2.33. The average molecular weight is 214 g/mol. The first kappa shape index (κ1) is 11.5. The van der Waals surface area contributed by atoms with Crippen molar-refractivity contribution >= 4 is 0 Å². The van der Waals surface area contributed by atoms with E-state index in [2.05, 4.69) is 0 Å². The fraction of sp³-hybridized carbons (Fsp3) is 0.300. The van der Waals surface area contributed by atoms with Crippen LogP contribution in [0.5, 0.6) is 0 Å². The number of benzene rings is 1. The van der Waals surface area contributed by atoms with Gasteiger partial charge in [-0.05, 0) is 30.2 Å². The summed E-state index contributed by atoms with van der Waals surface area (Å²) in [5.74, 6) is 0. The Hall–Kier alpha value is -1.54. The molecule has 5 heteroatoms. The third kappa shape index (κ3) is 2.28. The van der Waals surface area contributed by atoms with Crippen LogP contribution in [0, 0.1) is 18.3 Å². The maximum absolute atomic E-state index is 12.5. The molecule has 15 heavy (non-hydrogen) atoms. The molecule has 0 aromatic heterocycles. The van der Waals surface area contributed by atoms with Crippen LogP contribution in [0.15, 0.2) is 12.1 Å². The van der Waals surface area contributed by atoms with E-state index in [0.717, 1.165) is 6.07 Å². The molecular formula is C10H9F3N2. The number of rotatable bonds is 1. The van der Waals surface area contributed by atoms with Crippen LogP contribution in [-0.4, -0.2) is 0 Å². The highest BCUT2D eigenvalue weighted by Gasteiger charge is 2.34. The zero-order chi connectivity index (χ0) is 11.6. The van der Waals surface area contributed by atoms with Gasteiger partial charge in [0.2, 0.25) is 0 Å². The number of nitrogens with two attached hydrogens (primary N) is 1. The van der Waals surface area contributed by atoms with Gasteiger partial charge in [0.25, 0.3) is 0 Å². The quantitative estimate of drug-likeness (QED) is 0.780. The topological polar surface area (TPSA) is 49.8 Å². The SMILES string of the molecule is Cc1cc(C#N)c(C(F)(F)F)cc1CN. The van der Waals surface area contributed by atoms with Crippen LogP contribution in [0.4, 0.5) is 13.2 Å². The maximum atomic E-state index is 12.5. The van der Waals surface area contributed by atoms with E-state index in [-0.39, 0.29) is 12.1 Å². The second-order valence-corrected chi connectivity index (χ2v) is 3.14. The Labute approximate surface area is 85.1 Å². The molecule has 1 aromatic carbocycles. The molecule has 1 rings (SSSR count). The van der Waals surface area contributed by atoms with Crippen molar-refractivity contribution in [2.75, 3.05) is 0 Å². The highest BCUT2D eigenvalue weighted by atomic mass is 19.4. The molecule has 0 amide bonds. The van der Waals surface area contributed by atoms with E-state index in [9.17, 15) is 13.2 Å². The Balaban J connectivity index is 3.44. The molecular weight excluding hydrogens is 205 g/mol. The van der Waals surface area contributed by atoms with Crippen molar-refractivity contribution in [3.8, 4) is 6.07 Å². The van der Waals surface area contributed by atoms with Crippen molar-refractivity contribution in [2.45, 2.75) is 19.6 Å². The maximum Gasteiger partial charge on any atom is 0.417 e. The number of hydrogen-bond donors (Lipinski definition) is 1. The summed E-state index contributed by atoms with van der Waals surface area (Å²) in [4.78, 5) is 0. The molecule has 0 spiro atoms. The molecule has 0 bridgehead atoms. The van der Waals surface area contributed by atoms with Gasteiger partial charge >= 0.3 is 6.18 Å². The van der Waals surface area contributed by atoms with Gasteiger partial charge in [0.1, 0.15) is 0 Å². The Morgan fingerprint density at radius 3 is 2.40 bits per heavy atom. The first-order chi connectivity index (χ1) is 6.90. The third-order valence-electron chi connectivity index (χ3n) is 2.12. The van der Waals surface area contributed by atoms with Crippen molar-refractivity contribution in [1.29, 1.82) is 5.26 Å². The molecule has 2 N–H and O–H groups in total. The molecule has 0 fully saturated rings. The molecule has 0 saturated carbocycles. The molecule has 0 saturated heterocycles. The van der Waals surface area contributed by atoms with Gasteiger partial charge in [0.15, 0.2) is 0 Å². The largest absolute Gasteiger partial charge is 0.417 e. The average Bonchev–Trinajstić information content (AvgIpc) is 2.15. The number of halogens is 3. The van der Waals surface area contributed by atoms with E-state index in [4.69, 9.17) is 11.0 Å². The molecule has 0 unspecified atom stereocenters. The second kappa shape index (κ2) is 3.91. The van der Waals surface area contributed by atoms with E-state index in [1.165, 1.54) is 12.1 Å². The van der Waals surface area contributed by atoms with Crippen LogP contribution in [-0.2, 0) is 12.7 Å². The standard InChI is InChI=1S/C10H9F3N2/c1-6-2-8(5-15)9(10(11,12)13)3-7(6)4-14/h2-3H,4,14H2,1H3. The van der Waals surface area contributed by atoms with Crippen LogP contribution in [0.2, 0.25) is 0 Å². The summed E-state index contributed by atoms with van der Waals surface area (Å²) in [5, 5.41) is 8.59. The van der Waals surface area contributed by atoms with Crippen molar-refractivity contribution in [3.05, 3.63) is 34.4 Å².